The molecule has 0 aromatic heterocycles. The summed E-state index contributed by atoms with van der Waals surface area (Å²) in [4.78, 5) is 24.1. The Morgan fingerprint density at radius 1 is 1.19 bits per heavy atom. The number of para-hydroxylation sites is 1. The van der Waals surface area contributed by atoms with E-state index in [1.807, 2.05) is 18.7 Å². The number of benzene rings is 1. The van der Waals surface area contributed by atoms with Crippen LogP contribution < -0.4 is 4.90 Å². The summed E-state index contributed by atoms with van der Waals surface area (Å²) < 4.78 is 0. The molecule has 0 saturated heterocycles. The predicted molar refractivity (Wildman–Crippen MR) is 62.0 cm³/mol. The number of carboxylic acid groups (broad SMARTS) is 1. The van der Waals surface area contributed by atoms with Crippen molar-refractivity contribution in [3.63, 3.8) is 0 Å². The zero-order valence-electron chi connectivity index (χ0n) is 9.43. The molecule has 0 unspecified atom stereocenters. The zero-order chi connectivity index (χ0) is 12.1. The second-order valence-corrected chi connectivity index (χ2v) is 3.32. The van der Waals surface area contributed by atoms with E-state index >= 15 is 0 Å². The highest BCUT2D eigenvalue weighted by Gasteiger charge is 2.19. The van der Waals surface area contributed by atoms with Gasteiger partial charge in [-0.15, -0.1) is 0 Å². The van der Waals surface area contributed by atoms with E-state index in [-0.39, 0.29) is 5.56 Å². The van der Waals surface area contributed by atoms with E-state index < -0.39 is 11.8 Å². The maximum atomic E-state index is 11.5. The van der Waals surface area contributed by atoms with Crippen LogP contribution in [0, 0.1) is 0 Å². The minimum Gasteiger partial charge on any atom is -0.475 e. The maximum absolute atomic E-state index is 11.5. The van der Waals surface area contributed by atoms with Crippen LogP contribution in [0.25, 0.3) is 0 Å². The molecule has 1 aromatic rings. The molecular formula is C12H15NO3. The molecule has 1 rings (SSSR count). The molecule has 0 radical (unpaired) electrons. The summed E-state index contributed by atoms with van der Waals surface area (Å²) in [6.45, 7) is 5.40. The number of nitrogens with zero attached hydrogens (tertiary/aromatic N) is 1. The van der Waals surface area contributed by atoms with Crippen LogP contribution in [0.15, 0.2) is 24.3 Å². The van der Waals surface area contributed by atoms with Crippen LogP contribution in [-0.2, 0) is 4.79 Å². The first-order valence-electron chi connectivity index (χ1n) is 5.23. The first-order valence-corrected chi connectivity index (χ1v) is 5.23. The number of carbonyl (C=O) groups is 2. The SMILES string of the molecule is CCN(CC)c1ccccc1C(=O)C(=O)O. The molecule has 0 bridgehead atoms. The van der Waals surface area contributed by atoms with Crippen molar-refractivity contribution in [2.24, 2.45) is 0 Å². The summed E-state index contributed by atoms with van der Waals surface area (Å²) in [6.07, 6.45) is 0. The number of carbonyl (C=O) groups excluding carboxylic acids is 1. The van der Waals surface area contributed by atoms with Crippen LogP contribution in [0.4, 0.5) is 5.69 Å². The summed E-state index contributed by atoms with van der Waals surface area (Å²) in [5.41, 5.74) is 0.929. The van der Waals surface area contributed by atoms with Gasteiger partial charge in [0.25, 0.3) is 5.78 Å². The van der Waals surface area contributed by atoms with Gasteiger partial charge < -0.3 is 10.0 Å². The molecule has 1 aromatic carbocycles. The largest absolute Gasteiger partial charge is 0.475 e. The van der Waals surface area contributed by atoms with Crippen molar-refractivity contribution >= 4 is 17.4 Å². The molecule has 0 spiro atoms. The topological polar surface area (TPSA) is 57.6 Å². The van der Waals surface area contributed by atoms with Crippen molar-refractivity contribution in [2.75, 3.05) is 18.0 Å². The fraction of sp³-hybridized carbons (Fsp3) is 0.333. The van der Waals surface area contributed by atoms with Gasteiger partial charge in [0, 0.05) is 18.8 Å². The number of hydrogen-bond donors (Lipinski definition) is 1. The van der Waals surface area contributed by atoms with Gasteiger partial charge in [0.05, 0.1) is 5.56 Å². The standard InChI is InChI=1S/C12H15NO3/c1-3-13(4-2)10-8-6-5-7-9(10)11(14)12(15)16/h5-8H,3-4H2,1-2H3,(H,15,16). The Balaban J connectivity index is 3.19. The molecule has 0 atom stereocenters. The molecule has 0 aliphatic heterocycles. The van der Waals surface area contributed by atoms with Crippen LogP contribution in [0.1, 0.15) is 24.2 Å². The van der Waals surface area contributed by atoms with Crippen LogP contribution in [0.3, 0.4) is 0 Å². The smallest absolute Gasteiger partial charge is 0.377 e. The molecule has 0 fully saturated rings. The lowest BCUT2D eigenvalue weighted by Gasteiger charge is -2.22. The molecular weight excluding hydrogens is 206 g/mol. The van der Waals surface area contributed by atoms with Gasteiger partial charge in [-0.25, -0.2) is 4.79 Å². The number of hydrogen-bond acceptors (Lipinski definition) is 3. The lowest BCUT2D eigenvalue weighted by molar-refractivity contribution is -0.131. The minimum atomic E-state index is -1.42. The van der Waals surface area contributed by atoms with E-state index in [0.29, 0.717) is 5.69 Å². The minimum absolute atomic E-state index is 0.249. The van der Waals surface area contributed by atoms with E-state index in [1.165, 1.54) is 0 Å². The molecule has 0 heterocycles. The second kappa shape index (κ2) is 5.30. The van der Waals surface area contributed by atoms with Crippen molar-refractivity contribution in [1.82, 2.24) is 0 Å². The first kappa shape index (κ1) is 12.2. The zero-order valence-corrected chi connectivity index (χ0v) is 9.43. The summed E-state index contributed by atoms with van der Waals surface area (Å²) in [7, 11) is 0. The Labute approximate surface area is 94.5 Å². The first-order chi connectivity index (χ1) is 7.61. The average Bonchev–Trinajstić information content (AvgIpc) is 2.30. The highest BCUT2D eigenvalue weighted by Crippen LogP contribution is 2.20. The van der Waals surface area contributed by atoms with Gasteiger partial charge in [0.2, 0.25) is 0 Å². The van der Waals surface area contributed by atoms with Crippen molar-refractivity contribution in [1.29, 1.82) is 0 Å². The van der Waals surface area contributed by atoms with Gasteiger partial charge in [-0.2, -0.15) is 0 Å². The highest BCUT2D eigenvalue weighted by molar-refractivity contribution is 6.41. The Kier molecular flexibility index (Phi) is 4.05. The van der Waals surface area contributed by atoms with Crippen LogP contribution in [0.5, 0.6) is 0 Å². The molecule has 0 saturated carbocycles. The number of ketones is 1. The lowest BCUT2D eigenvalue weighted by atomic mass is 10.1. The van der Waals surface area contributed by atoms with Crippen molar-refractivity contribution in [3.05, 3.63) is 29.8 Å². The molecule has 4 nitrogen and oxygen atoms in total. The number of anilines is 1. The summed E-state index contributed by atoms with van der Waals surface area (Å²) in [5, 5.41) is 8.72. The van der Waals surface area contributed by atoms with Crippen molar-refractivity contribution < 1.29 is 14.7 Å². The number of rotatable bonds is 5. The lowest BCUT2D eigenvalue weighted by Crippen LogP contribution is -2.25. The predicted octanol–water partition coefficient (Wildman–Crippen LogP) is 1.80. The molecule has 16 heavy (non-hydrogen) atoms. The fourth-order valence-corrected chi connectivity index (χ4v) is 1.62. The van der Waals surface area contributed by atoms with E-state index in [9.17, 15) is 9.59 Å². The molecule has 1 N–H and O–H groups in total. The third kappa shape index (κ3) is 2.39. The average molecular weight is 221 g/mol. The van der Waals surface area contributed by atoms with Gasteiger partial charge in [-0.1, -0.05) is 12.1 Å². The summed E-state index contributed by atoms with van der Waals surface area (Å²) >= 11 is 0. The van der Waals surface area contributed by atoms with Gasteiger partial charge in [-0.05, 0) is 26.0 Å². The maximum Gasteiger partial charge on any atom is 0.377 e. The molecule has 0 aliphatic rings. The molecule has 86 valence electrons. The van der Waals surface area contributed by atoms with Crippen molar-refractivity contribution in [3.8, 4) is 0 Å². The Morgan fingerprint density at radius 2 is 1.75 bits per heavy atom. The van der Waals surface area contributed by atoms with Crippen LogP contribution >= 0.6 is 0 Å². The van der Waals surface area contributed by atoms with Crippen LogP contribution in [-0.4, -0.2) is 29.9 Å². The van der Waals surface area contributed by atoms with Gasteiger partial charge in [0.1, 0.15) is 0 Å². The summed E-state index contributed by atoms with van der Waals surface area (Å²) in [5.74, 6) is -2.28. The Hall–Kier alpha value is -1.84. The molecule has 0 aliphatic carbocycles. The summed E-state index contributed by atoms with van der Waals surface area (Å²) in [6, 6.07) is 6.78. The van der Waals surface area contributed by atoms with Gasteiger partial charge in [-0.3, -0.25) is 4.79 Å². The van der Waals surface area contributed by atoms with Crippen LogP contribution in [0.2, 0.25) is 0 Å². The van der Waals surface area contributed by atoms with E-state index in [4.69, 9.17) is 5.11 Å². The normalized spacial score (nSPS) is 9.88. The van der Waals surface area contributed by atoms with E-state index in [0.717, 1.165) is 13.1 Å². The second-order valence-electron chi connectivity index (χ2n) is 3.32. The molecule has 0 amide bonds. The third-order valence-electron chi connectivity index (χ3n) is 2.45. The highest BCUT2D eigenvalue weighted by atomic mass is 16.4. The van der Waals surface area contributed by atoms with E-state index in [1.54, 1.807) is 24.3 Å². The number of Topliss-reactive ketones (excluding diaryl/α,β-unsaturated/α-hetero) is 1. The van der Waals surface area contributed by atoms with Crippen molar-refractivity contribution in [2.45, 2.75) is 13.8 Å². The number of carboxylic acids is 1. The fourth-order valence-electron chi connectivity index (χ4n) is 1.62. The Morgan fingerprint density at radius 3 is 2.25 bits per heavy atom. The monoisotopic (exact) mass is 221 g/mol. The Bertz CT molecular complexity index is 397. The van der Waals surface area contributed by atoms with Gasteiger partial charge >= 0.3 is 5.97 Å². The van der Waals surface area contributed by atoms with Gasteiger partial charge in [0.15, 0.2) is 0 Å². The molecule has 4 heteroatoms. The number of aliphatic carboxylic acids is 1. The quantitative estimate of drug-likeness (QED) is 0.608. The van der Waals surface area contributed by atoms with E-state index in [2.05, 4.69) is 0 Å². The third-order valence-corrected chi connectivity index (χ3v) is 2.45.